The quantitative estimate of drug-likeness (QED) is 0.329. The van der Waals surface area contributed by atoms with E-state index in [-0.39, 0.29) is 55.5 Å². The van der Waals surface area contributed by atoms with Gasteiger partial charge in [0.25, 0.3) is 18.3 Å². The number of fused-ring (bicyclic) bond motifs is 1. The minimum absolute atomic E-state index is 0.0473. The molecule has 3 saturated carbocycles. The summed E-state index contributed by atoms with van der Waals surface area (Å²) in [5.41, 5.74) is 2.71. The van der Waals surface area contributed by atoms with Crippen LogP contribution >= 0.6 is 0 Å². The highest BCUT2D eigenvalue weighted by Crippen LogP contribution is 2.41. The third-order valence-electron chi connectivity index (χ3n) is 9.04. The lowest BCUT2D eigenvalue weighted by molar-refractivity contribution is -0.137. The van der Waals surface area contributed by atoms with Gasteiger partial charge in [0.2, 0.25) is 11.8 Å². The second-order valence-electron chi connectivity index (χ2n) is 11.9. The number of nitrogens with one attached hydrogen (secondary N) is 2. The van der Waals surface area contributed by atoms with Gasteiger partial charge in [-0.05, 0) is 56.6 Å². The van der Waals surface area contributed by atoms with Gasteiger partial charge >= 0.3 is 0 Å². The van der Waals surface area contributed by atoms with Crippen LogP contribution in [-0.2, 0) is 20.9 Å². The molecular formula is C29H38F2N4O5. The van der Waals surface area contributed by atoms with Crippen LogP contribution < -0.4 is 15.5 Å². The Morgan fingerprint density at radius 1 is 1.05 bits per heavy atom. The number of rotatable bonds is 8. The van der Waals surface area contributed by atoms with Crippen LogP contribution in [0.25, 0.3) is 0 Å². The second-order valence-corrected chi connectivity index (χ2v) is 11.9. The normalized spacial score (nSPS) is 27.7. The number of anilines is 1. The summed E-state index contributed by atoms with van der Waals surface area (Å²) in [5, 5.41) is 12.7. The number of hydrogen-bond donors (Lipinski definition) is 3. The molecule has 3 aliphatic carbocycles. The molecule has 1 aromatic rings. The van der Waals surface area contributed by atoms with Gasteiger partial charge in [0, 0.05) is 67.3 Å². The standard InChI is InChI=1S/C28H36F2N4O3.CH2O2/c29-28(30)14-19(15-28)31-18-6-8-20(9-7-18)33(13-12-17-4-5-17)23-3-1-2-21-22(23)16-34(27(21)37)24-10-11-25(35)32-26(24)36;2-1-3/h1-3,17-20,24,31H,4-16H2,(H,32,35,36);1H,(H,2,3). The van der Waals surface area contributed by atoms with Crippen LogP contribution in [0.4, 0.5) is 14.5 Å². The number of amides is 3. The number of carbonyl (C=O) groups is 4. The predicted molar refractivity (Wildman–Crippen MR) is 143 cm³/mol. The molecule has 3 N–H and O–H groups in total. The summed E-state index contributed by atoms with van der Waals surface area (Å²) in [5.74, 6) is -2.53. The van der Waals surface area contributed by atoms with Crippen molar-refractivity contribution < 1.29 is 33.1 Å². The number of halogens is 2. The monoisotopic (exact) mass is 560 g/mol. The smallest absolute Gasteiger partial charge is 0.290 e. The number of carboxylic acid groups (broad SMARTS) is 1. The van der Waals surface area contributed by atoms with E-state index in [0.717, 1.165) is 55.8 Å². The zero-order chi connectivity index (χ0) is 28.4. The van der Waals surface area contributed by atoms with Crippen molar-refractivity contribution in [2.75, 3.05) is 11.4 Å². The molecule has 6 rings (SSSR count). The first-order valence-electron chi connectivity index (χ1n) is 14.4. The van der Waals surface area contributed by atoms with E-state index in [1.54, 1.807) is 4.90 Å². The number of nitrogens with zero attached hydrogens (tertiary/aromatic N) is 2. The molecule has 2 heterocycles. The van der Waals surface area contributed by atoms with E-state index in [9.17, 15) is 23.2 Å². The molecule has 218 valence electrons. The van der Waals surface area contributed by atoms with Crippen LogP contribution in [0.3, 0.4) is 0 Å². The summed E-state index contributed by atoms with van der Waals surface area (Å²) in [6.45, 7) is 1.06. The minimum Gasteiger partial charge on any atom is -0.483 e. The van der Waals surface area contributed by atoms with Gasteiger partial charge in [0.1, 0.15) is 6.04 Å². The van der Waals surface area contributed by atoms with Gasteiger partial charge in [-0.25, -0.2) is 8.78 Å². The van der Waals surface area contributed by atoms with Crippen LogP contribution in [-0.4, -0.2) is 70.8 Å². The molecule has 0 radical (unpaired) electrons. The predicted octanol–water partition coefficient (Wildman–Crippen LogP) is 3.45. The van der Waals surface area contributed by atoms with Crippen molar-refractivity contribution >= 4 is 29.9 Å². The summed E-state index contributed by atoms with van der Waals surface area (Å²) in [4.78, 5) is 50.0. The highest BCUT2D eigenvalue weighted by Gasteiger charge is 2.46. The lowest BCUT2D eigenvalue weighted by Crippen LogP contribution is -2.53. The van der Waals surface area contributed by atoms with E-state index in [1.165, 1.54) is 12.8 Å². The van der Waals surface area contributed by atoms with Crippen LogP contribution in [0, 0.1) is 5.92 Å². The number of benzene rings is 1. The minimum atomic E-state index is -2.50. The summed E-state index contributed by atoms with van der Waals surface area (Å²) < 4.78 is 26.5. The Hall–Kier alpha value is -3.08. The Morgan fingerprint density at radius 2 is 1.75 bits per heavy atom. The average molecular weight is 561 g/mol. The maximum atomic E-state index is 13.4. The number of alkyl halides is 2. The maximum absolute atomic E-state index is 13.4. The lowest BCUT2D eigenvalue weighted by atomic mass is 9.84. The molecule has 2 aliphatic heterocycles. The Balaban J connectivity index is 0.00000103. The van der Waals surface area contributed by atoms with Crippen LogP contribution in [0.1, 0.15) is 86.6 Å². The van der Waals surface area contributed by atoms with Crippen molar-refractivity contribution in [3.63, 3.8) is 0 Å². The van der Waals surface area contributed by atoms with Gasteiger partial charge in [-0.15, -0.1) is 0 Å². The van der Waals surface area contributed by atoms with Gasteiger partial charge in [-0.1, -0.05) is 18.9 Å². The molecule has 1 aromatic carbocycles. The zero-order valence-electron chi connectivity index (χ0n) is 22.6. The molecule has 5 aliphatic rings. The summed E-state index contributed by atoms with van der Waals surface area (Å²) in [6, 6.07) is 5.83. The fraction of sp³-hybridized carbons (Fsp3) is 0.655. The van der Waals surface area contributed by atoms with Crippen molar-refractivity contribution in [3.8, 4) is 0 Å². The van der Waals surface area contributed by atoms with Gasteiger partial charge in [0.05, 0.1) is 0 Å². The number of carbonyl (C=O) groups excluding carboxylic acids is 3. The van der Waals surface area contributed by atoms with E-state index in [1.807, 2.05) is 12.1 Å². The molecule has 3 amide bonds. The number of imide groups is 1. The van der Waals surface area contributed by atoms with E-state index in [2.05, 4.69) is 21.6 Å². The van der Waals surface area contributed by atoms with Gasteiger partial charge in [-0.3, -0.25) is 24.5 Å². The van der Waals surface area contributed by atoms with Gasteiger partial charge < -0.3 is 20.2 Å². The van der Waals surface area contributed by atoms with Gasteiger partial charge in [0.15, 0.2) is 0 Å². The SMILES string of the molecule is O=C1CCC(N2Cc3c(cccc3N(CCC3CC3)C3CCC(NC4CC(F)(F)C4)CC3)C2=O)C(=O)N1.O=CO. The first-order chi connectivity index (χ1) is 19.2. The molecule has 0 aromatic heterocycles. The summed E-state index contributed by atoms with van der Waals surface area (Å²) in [6.07, 6.45) is 8.09. The Bertz CT molecular complexity index is 1130. The van der Waals surface area contributed by atoms with Crippen LogP contribution in [0.5, 0.6) is 0 Å². The molecular weight excluding hydrogens is 522 g/mol. The van der Waals surface area contributed by atoms with Crippen LogP contribution in [0.15, 0.2) is 18.2 Å². The number of piperidine rings is 1. The van der Waals surface area contributed by atoms with Crippen molar-refractivity contribution in [1.82, 2.24) is 15.5 Å². The highest BCUT2D eigenvalue weighted by molar-refractivity contribution is 6.06. The molecule has 1 atom stereocenters. The lowest BCUT2D eigenvalue weighted by Gasteiger charge is -2.42. The fourth-order valence-corrected chi connectivity index (χ4v) is 6.73. The summed E-state index contributed by atoms with van der Waals surface area (Å²) in [7, 11) is 0. The van der Waals surface area contributed by atoms with E-state index in [4.69, 9.17) is 9.90 Å². The number of hydrogen-bond acceptors (Lipinski definition) is 6. The average Bonchev–Trinajstić information content (AvgIpc) is 3.67. The first kappa shape index (κ1) is 28.4. The summed E-state index contributed by atoms with van der Waals surface area (Å²) >= 11 is 0. The van der Waals surface area contributed by atoms with Crippen molar-refractivity contribution in [1.29, 1.82) is 0 Å². The molecule has 4 fully saturated rings. The zero-order valence-corrected chi connectivity index (χ0v) is 22.6. The molecule has 1 saturated heterocycles. The Labute approximate surface area is 232 Å². The van der Waals surface area contributed by atoms with Crippen molar-refractivity contribution in [2.24, 2.45) is 5.92 Å². The molecule has 0 bridgehead atoms. The van der Waals surface area contributed by atoms with E-state index in [0.29, 0.717) is 24.6 Å². The third kappa shape index (κ3) is 6.29. The van der Waals surface area contributed by atoms with Crippen molar-refractivity contribution in [2.45, 2.75) is 107 Å². The molecule has 40 heavy (non-hydrogen) atoms. The highest BCUT2D eigenvalue weighted by atomic mass is 19.3. The largest absolute Gasteiger partial charge is 0.483 e. The molecule has 1 unspecified atom stereocenters. The molecule has 0 spiro atoms. The first-order valence-corrected chi connectivity index (χ1v) is 14.4. The van der Waals surface area contributed by atoms with Crippen molar-refractivity contribution in [3.05, 3.63) is 29.3 Å². The Morgan fingerprint density at radius 3 is 2.38 bits per heavy atom. The van der Waals surface area contributed by atoms with E-state index >= 15 is 0 Å². The maximum Gasteiger partial charge on any atom is 0.290 e. The third-order valence-corrected chi connectivity index (χ3v) is 9.04. The topological polar surface area (TPSA) is 119 Å². The Kier molecular flexibility index (Phi) is 8.39. The van der Waals surface area contributed by atoms with Gasteiger partial charge in [-0.2, -0.15) is 0 Å². The van der Waals surface area contributed by atoms with Crippen LogP contribution in [0.2, 0.25) is 0 Å². The molecule has 11 heteroatoms. The second kappa shape index (κ2) is 11.8. The molecule has 9 nitrogen and oxygen atoms in total. The van der Waals surface area contributed by atoms with E-state index < -0.39 is 12.0 Å². The fourth-order valence-electron chi connectivity index (χ4n) is 6.73.